The minimum absolute atomic E-state index is 0.331. The molecule has 0 aromatic carbocycles. The Kier molecular flexibility index (Phi) is 4.01. The van der Waals surface area contributed by atoms with E-state index in [0.29, 0.717) is 17.1 Å². The summed E-state index contributed by atoms with van der Waals surface area (Å²) in [6.45, 7) is 16.2. The summed E-state index contributed by atoms with van der Waals surface area (Å²) in [5.41, 5.74) is 0. The third-order valence-corrected chi connectivity index (χ3v) is 8.46. The normalized spacial score (nSPS) is 29.2. The Hall–Kier alpha value is 0.137. The minimum atomic E-state index is -1.56. The summed E-state index contributed by atoms with van der Waals surface area (Å²) in [4.78, 5) is 0. The standard InChI is InChI=1S/C12H27NOSi/c1-10-9-13-8-7-11(10)14-15(5,6)12(2,3)4/h10-11,13H,7-9H2,1-6H3. The molecule has 0 aliphatic carbocycles. The van der Waals surface area contributed by atoms with Gasteiger partial charge in [0.1, 0.15) is 0 Å². The Morgan fingerprint density at radius 3 is 2.33 bits per heavy atom. The van der Waals surface area contributed by atoms with E-state index in [1.54, 1.807) is 0 Å². The molecular formula is C12H27NOSi. The van der Waals surface area contributed by atoms with Crippen LogP contribution in [0.5, 0.6) is 0 Å². The van der Waals surface area contributed by atoms with Gasteiger partial charge in [-0.25, -0.2) is 0 Å². The van der Waals surface area contributed by atoms with Crippen molar-refractivity contribution in [2.24, 2.45) is 5.92 Å². The second-order valence-corrected chi connectivity index (χ2v) is 11.1. The van der Waals surface area contributed by atoms with Gasteiger partial charge in [0.25, 0.3) is 0 Å². The summed E-state index contributed by atoms with van der Waals surface area (Å²) >= 11 is 0. The molecule has 2 atom stereocenters. The molecule has 90 valence electrons. The molecule has 0 radical (unpaired) electrons. The highest BCUT2D eigenvalue weighted by molar-refractivity contribution is 6.74. The van der Waals surface area contributed by atoms with Crippen molar-refractivity contribution < 1.29 is 4.43 Å². The average molecular weight is 229 g/mol. The molecule has 15 heavy (non-hydrogen) atoms. The number of piperidine rings is 1. The molecule has 1 saturated heterocycles. The second kappa shape index (κ2) is 4.56. The van der Waals surface area contributed by atoms with Gasteiger partial charge in [-0.3, -0.25) is 0 Å². The van der Waals surface area contributed by atoms with Crippen LogP contribution in [0.1, 0.15) is 34.1 Å². The first kappa shape index (κ1) is 13.2. The third-order valence-electron chi connectivity index (χ3n) is 3.96. The molecule has 3 heteroatoms. The van der Waals surface area contributed by atoms with Gasteiger partial charge in [0.2, 0.25) is 0 Å². The third kappa shape index (κ3) is 3.30. The van der Waals surface area contributed by atoms with Gasteiger partial charge in [0.05, 0.1) is 6.10 Å². The van der Waals surface area contributed by atoms with E-state index < -0.39 is 8.32 Å². The zero-order chi connectivity index (χ0) is 11.7. The van der Waals surface area contributed by atoms with E-state index in [1.165, 1.54) is 6.42 Å². The van der Waals surface area contributed by atoms with Crippen LogP contribution >= 0.6 is 0 Å². The lowest BCUT2D eigenvalue weighted by Crippen LogP contribution is -2.49. The van der Waals surface area contributed by atoms with Gasteiger partial charge in [0, 0.05) is 6.54 Å². The van der Waals surface area contributed by atoms with Crippen LogP contribution in [-0.4, -0.2) is 27.5 Å². The molecule has 0 saturated carbocycles. The second-order valence-electron chi connectivity index (χ2n) is 6.39. The van der Waals surface area contributed by atoms with Crippen molar-refractivity contribution in [1.29, 1.82) is 0 Å². The van der Waals surface area contributed by atoms with Gasteiger partial charge in [0.15, 0.2) is 8.32 Å². The molecular weight excluding hydrogens is 202 g/mol. The van der Waals surface area contributed by atoms with Gasteiger partial charge < -0.3 is 9.74 Å². The predicted octanol–water partition coefficient (Wildman–Crippen LogP) is 3.01. The molecule has 1 N–H and O–H groups in total. The molecule has 0 spiro atoms. The van der Waals surface area contributed by atoms with Crippen LogP contribution in [0.4, 0.5) is 0 Å². The van der Waals surface area contributed by atoms with Gasteiger partial charge >= 0.3 is 0 Å². The summed E-state index contributed by atoms with van der Waals surface area (Å²) in [6, 6.07) is 0. The van der Waals surface area contributed by atoms with E-state index in [1.807, 2.05) is 0 Å². The monoisotopic (exact) mass is 229 g/mol. The fourth-order valence-electron chi connectivity index (χ4n) is 1.72. The zero-order valence-electron chi connectivity index (χ0n) is 11.2. The van der Waals surface area contributed by atoms with E-state index in [4.69, 9.17) is 4.43 Å². The lowest BCUT2D eigenvalue weighted by atomic mass is 9.99. The molecule has 0 aromatic heterocycles. The highest BCUT2D eigenvalue weighted by Gasteiger charge is 2.40. The van der Waals surface area contributed by atoms with Crippen molar-refractivity contribution in [2.45, 2.75) is 58.4 Å². The molecule has 1 aliphatic heterocycles. The van der Waals surface area contributed by atoms with Gasteiger partial charge in [-0.05, 0) is 37.0 Å². The van der Waals surface area contributed by atoms with Crippen LogP contribution < -0.4 is 5.32 Å². The van der Waals surface area contributed by atoms with Crippen LogP contribution in [0, 0.1) is 5.92 Å². The molecule has 0 amide bonds. The summed E-state index contributed by atoms with van der Waals surface area (Å²) in [7, 11) is -1.56. The molecule has 1 rings (SSSR count). The molecule has 2 nitrogen and oxygen atoms in total. The molecule has 1 fully saturated rings. The van der Waals surface area contributed by atoms with E-state index in [2.05, 4.69) is 46.1 Å². The van der Waals surface area contributed by atoms with Gasteiger partial charge in [-0.2, -0.15) is 0 Å². The molecule has 1 heterocycles. The number of hydrogen-bond acceptors (Lipinski definition) is 2. The quantitative estimate of drug-likeness (QED) is 0.735. The fraction of sp³-hybridized carbons (Fsp3) is 1.00. The zero-order valence-corrected chi connectivity index (χ0v) is 12.2. The Bertz CT molecular complexity index is 210. The number of nitrogens with one attached hydrogen (secondary N) is 1. The highest BCUT2D eigenvalue weighted by atomic mass is 28.4. The van der Waals surface area contributed by atoms with Crippen LogP contribution in [0.3, 0.4) is 0 Å². The van der Waals surface area contributed by atoms with E-state index >= 15 is 0 Å². The molecule has 0 aromatic rings. The first-order valence-corrected chi connectivity index (χ1v) is 9.03. The molecule has 0 bridgehead atoms. The Morgan fingerprint density at radius 2 is 1.87 bits per heavy atom. The summed E-state index contributed by atoms with van der Waals surface area (Å²) < 4.78 is 6.45. The Labute approximate surface area is 95.9 Å². The van der Waals surface area contributed by atoms with Crippen LogP contribution in [0.25, 0.3) is 0 Å². The lowest BCUT2D eigenvalue weighted by Gasteiger charge is -2.42. The largest absolute Gasteiger partial charge is 0.414 e. The maximum atomic E-state index is 6.45. The Morgan fingerprint density at radius 1 is 1.27 bits per heavy atom. The number of hydrogen-bond donors (Lipinski definition) is 1. The highest BCUT2D eigenvalue weighted by Crippen LogP contribution is 2.38. The summed E-state index contributed by atoms with van der Waals surface area (Å²) in [5.74, 6) is 0.660. The first-order valence-electron chi connectivity index (χ1n) is 6.12. The SMILES string of the molecule is CC1CNCCC1O[Si](C)(C)C(C)(C)C. The maximum Gasteiger partial charge on any atom is 0.192 e. The van der Waals surface area contributed by atoms with Crippen LogP contribution in [0.15, 0.2) is 0 Å². The number of rotatable bonds is 2. The molecule has 1 aliphatic rings. The average Bonchev–Trinajstić information content (AvgIpc) is 2.06. The summed E-state index contributed by atoms with van der Waals surface area (Å²) in [6.07, 6.45) is 1.65. The van der Waals surface area contributed by atoms with E-state index in [-0.39, 0.29) is 0 Å². The minimum Gasteiger partial charge on any atom is -0.414 e. The van der Waals surface area contributed by atoms with Crippen molar-refractivity contribution in [1.82, 2.24) is 5.32 Å². The van der Waals surface area contributed by atoms with E-state index in [9.17, 15) is 0 Å². The van der Waals surface area contributed by atoms with Crippen molar-refractivity contribution in [3.8, 4) is 0 Å². The predicted molar refractivity (Wildman–Crippen MR) is 68.7 cm³/mol. The van der Waals surface area contributed by atoms with E-state index in [0.717, 1.165) is 13.1 Å². The Balaban J connectivity index is 2.59. The van der Waals surface area contributed by atoms with Crippen LogP contribution in [-0.2, 0) is 4.43 Å². The van der Waals surface area contributed by atoms with Crippen LogP contribution in [0.2, 0.25) is 18.1 Å². The van der Waals surface area contributed by atoms with Crippen molar-refractivity contribution >= 4 is 8.32 Å². The topological polar surface area (TPSA) is 21.3 Å². The fourth-order valence-corrected chi connectivity index (χ4v) is 3.18. The lowest BCUT2D eigenvalue weighted by molar-refractivity contribution is 0.0971. The smallest absolute Gasteiger partial charge is 0.192 e. The summed E-state index contributed by atoms with van der Waals surface area (Å²) in [5, 5.41) is 3.76. The maximum absolute atomic E-state index is 6.45. The van der Waals surface area contributed by atoms with Gasteiger partial charge in [-0.15, -0.1) is 0 Å². The van der Waals surface area contributed by atoms with Gasteiger partial charge in [-0.1, -0.05) is 27.7 Å². The van der Waals surface area contributed by atoms with Crippen molar-refractivity contribution in [3.05, 3.63) is 0 Å². The molecule has 2 unspecified atom stereocenters. The van der Waals surface area contributed by atoms with Crippen molar-refractivity contribution in [3.63, 3.8) is 0 Å². The first-order chi connectivity index (χ1) is 6.74. The van der Waals surface area contributed by atoms with Crippen molar-refractivity contribution in [2.75, 3.05) is 13.1 Å².